The van der Waals surface area contributed by atoms with Crippen molar-refractivity contribution >= 4 is 0 Å². The number of unbranched alkanes of at least 4 members (excludes halogenated alkanes) is 4. The van der Waals surface area contributed by atoms with Crippen molar-refractivity contribution in [3.05, 3.63) is 17.0 Å². The van der Waals surface area contributed by atoms with Crippen molar-refractivity contribution in [3.8, 4) is 0 Å². The molecule has 0 aromatic carbocycles. The number of aryl methyl sites for hydroxylation is 2. The fourth-order valence-corrected chi connectivity index (χ4v) is 3.16. The summed E-state index contributed by atoms with van der Waals surface area (Å²) in [6.45, 7) is 13.3. The molecule has 0 amide bonds. The summed E-state index contributed by atoms with van der Waals surface area (Å²) in [7, 11) is 0. The molecule has 3 nitrogen and oxygen atoms in total. The Morgan fingerprint density at radius 2 is 1.71 bits per heavy atom. The second kappa shape index (κ2) is 9.99. The Kier molecular flexibility index (Phi) is 8.67. The van der Waals surface area contributed by atoms with Crippen LogP contribution in [0.15, 0.2) is 0 Å². The molecule has 1 aromatic heterocycles. The molecule has 1 N–H and O–H groups in total. The first-order valence-electron chi connectivity index (χ1n) is 9.01. The number of nitrogens with zero attached hydrogens (tertiary/aromatic N) is 2. The SMILES string of the molecule is CCCCCCCn1nc(CC)c(C(C)NCC)c1CC. The van der Waals surface area contributed by atoms with E-state index in [-0.39, 0.29) is 0 Å². The van der Waals surface area contributed by atoms with Gasteiger partial charge in [0.15, 0.2) is 0 Å². The zero-order valence-electron chi connectivity index (χ0n) is 14.8. The molecule has 122 valence electrons. The van der Waals surface area contributed by atoms with Crippen LogP contribution in [-0.4, -0.2) is 16.3 Å². The zero-order valence-corrected chi connectivity index (χ0v) is 14.8. The summed E-state index contributed by atoms with van der Waals surface area (Å²) >= 11 is 0. The van der Waals surface area contributed by atoms with Crippen LogP contribution in [0.4, 0.5) is 0 Å². The van der Waals surface area contributed by atoms with Crippen LogP contribution >= 0.6 is 0 Å². The second-order valence-corrected chi connectivity index (χ2v) is 5.93. The summed E-state index contributed by atoms with van der Waals surface area (Å²) in [6, 6.07) is 0.411. The van der Waals surface area contributed by atoms with Crippen LogP contribution in [0, 0.1) is 0 Å². The van der Waals surface area contributed by atoms with E-state index >= 15 is 0 Å². The first-order valence-corrected chi connectivity index (χ1v) is 9.01. The van der Waals surface area contributed by atoms with E-state index in [1.807, 2.05) is 0 Å². The predicted octanol–water partition coefficient (Wildman–Crippen LogP) is 4.65. The number of hydrogen-bond donors (Lipinski definition) is 1. The summed E-state index contributed by atoms with van der Waals surface area (Å²) in [6.07, 6.45) is 8.73. The van der Waals surface area contributed by atoms with Crippen LogP contribution < -0.4 is 5.32 Å². The van der Waals surface area contributed by atoms with Crippen LogP contribution in [0.5, 0.6) is 0 Å². The molecule has 21 heavy (non-hydrogen) atoms. The lowest BCUT2D eigenvalue weighted by atomic mass is 10.0. The van der Waals surface area contributed by atoms with Crippen molar-refractivity contribution < 1.29 is 0 Å². The van der Waals surface area contributed by atoms with E-state index in [4.69, 9.17) is 5.10 Å². The number of nitrogens with one attached hydrogen (secondary N) is 1. The van der Waals surface area contributed by atoms with Gasteiger partial charge in [-0.05, 0) is 32.7 Å². The lowest BCUT2D eigenvalue weighted by Gasteiger charge is -2.15. The van der Waals surface area contributed by atoms with E-state index < -0.39 is 0 Å². The first-order chi connectivity index (χ1) is 10.2. The van der Waals surface area contributed by atoms with Gasteiger partial charge in [-0.15, -0.1) is 0 Å². The Labute approximate surface area is 131 Å². The normalized spacial score (nSPS) is 12.8. The molecule has 0 bridgehead atoms. The second-order valence-electron chi connectivity index (χ2n) is 5.93. The Balaban J connectivity index is 2.79. The molecule has 0 aliphatic rings. The smallest absolute Gasteiger partial charge is 0.0672 e. The van der Waals surface area contributed by atoms with Crippen molar-refractivity contribution in [2.45, 2.75) is 92.2 Å². The van der Waals surface area contributed by atoms with Crippen molar-refractivity contribution in [1.29, 1.82) is 0 Å². The van der Waals surface area contributed by atoms with Crippen molar-refractivity contribution in [2.24, 2.45) is 0 Å². The molecule has 1 unspecified atom stereocenters. The topological polar surface area (TPSA) is 29.9 Å². The van der Waals surface area contributed by atoms with Gasteiger partial charge in [0.1, 0.15) is 0 Å². The van der Waals surface area contributed by atoms with E-state index in [2.05, 4.69) is 44.6 Å². The molecule has 0 aliphatic heterocycles. The summed E-state index contributed by atoms with van der Waals surface area (Å²) in [5, 5.41) is 8.45. The molecule has 1 heterocycles. The predicted molar refractivity (Wildman–Crippen MR) is 91.8 cm³/mol. The molecule has 0 fully saturated rings. The van der Waals surface area contributed by atoms with E-state index in [1.54, 1.807) is 0 Å². The molecule has 0 aliphatic carbocycles. The largest absolute Gasteiger partial charge is 0.310 e. The minimum absolute atomic E-state index is 0.411. The zero-order chi connectivity index (χ0) is 15.7. The monoisotopic (exact) mass is 293 g/mol. The van der Waals surface area contributed by atoms with Crippen LogP contribution in [0.3, 0.4) is 0 Å². The maximum atomic E-state index is 4.90. The number of hydrogen-bond acceptors (Lipinski definition) is 2. The van der Waals surface area contributed by atoms with Crippen molar-refractivity contribution in [3.63, 3.8) is 0 Å². The van der Waals surface area contributed by atoms with Gasteiger partial charge in [0.25, 0.3) is 0 Å². The molecule has 0 radical (unpaired) electrons. The van der Waals surface area contributed by atoms with Gasteiger partial charge in [0, 0.05) is 23.8 Å². The maximum absolute atomic E-state index is 4.90. The van der Waals surface area contributed by atoms with Crippen LogP contribution in [0.2, 0.25) is 0 Å². The minimum Gasteiger partial charge on any atom is -0.310 e. The van der Waals surface area contributed by atoms with Gasteiger partial charge in [-0.3, -0.25) is 4.68 Å². The van der Waals surface area contributed by atoms with E-state index in [1.165, 1.54) is 49.1 Å². The molecule has 1 atom stereocenters. The third-order valence-corrected chi connectivity index (χ3v) is 4.26. The Bertz CT molecular complexity index is 395. The van der Waals surface area contributed by atoms with Gasteiger partial charge < -0.3 is 5.32 Å². The molecule has 1 rings (SSSR count). The third-order valence-electron chi connectivity index (χ3n) is 4.26. The number of rotatable bonds is 11. The molecule has 0 saturated carbocycles. The average molecular weight is 293 g/mol. The van der Waals surface area contributed by atoms with Crippen LogP contribution in [-0.2, 0) is 19.4 Å². The summed E-state index contributed by atoms with van der Waals surface area (Å²) < 4.78 is 2.29. The highest BCUT2D eigenvalue weighted by Crippen LogP contribution is 2.24. The highest BCUT2D eigenvalue weighted by molar-refractivity contribution is 5.30. The van der Waals surface area contributed by atoms with Crippen LogP contribution in [0.1, 0.15) is 89.7 Å². The molecule has 3 heteroatoms. The summed E-state index contributed by atoms with van der Waals surface area (Å²) in [5.74, 6) is 0. The lowest BCUT2D eigenvalue weighted by Crippen LogP contribution is -2.20. The quantitative estimate of drug-likeness (QED) is 0.602. The molecule has 0 spiro atoms. The molecule has 0 saturated heterocycles. The average Bonchev–Trinajstić information content (AvgIpc) is 2.85. The van der Waals surface area contributed by atoms with Gasteiger partial charge in [-0.2, -0.15) is 5.10 Å². The minimum atomic E-state index is 0.411. The van der Waals surface area contributed by atoms with Crippen LogP contribution in [0.25, 0.3) is 0 Å². The highest BCUT2D eigenvalue weighted by Gasteiger charge is 2.19. The Hall–Kier alpha value is -0.830. The highest BCUT2D eigenvalue weighted by atomic mass is 15.3. The van der Waals surface area contributed by atoms with Gasteiger partial charge in [-0.1, -0.05) is 53.4 Å². The van der Waals surface area contributed by atoms with Gasteiger partial charge >= 0.3 is 0 Å². The van der Waals surface area contributed by atoms with E-state index in [0.717, 1.165) is 25.9 Å². The third kappa shape index (κ3) is 5.14. The van der Waals surface area contributed by atoms with Gasteiger partial charge in [-0.25, -0.2) is 0 Å². The Morgan fingerprint density at radius 1 is 1.00 bits per heavy atom. The fraction of sp³-hybridized carbons (Fsp3) is 0.833. The van der Waals surface area contributed by atoms with Crippen molar-refractivity contribution in [1.82, 2.24) is 15.1 Å². The Morgan fingerprint density at radius 3 is 2.29 bits per heavy atom. The van der Waals surface area contributed by atoms with E-state index in [0.29, 0.717) is 6.04 Å². The number of aromatic nitrogens is 2. The van der Waals surface area contributed by atoms with Gasteiger partial charge in [0.2, 0.25) is 0 Å². The summed E-state index contributed by atoms with van der Waals surface area (Å²) in [4.78, 5) is 0. The standard InChI is InChI=1S/C18H35N3/c1-6-10-11-12-13-14-21-17(8-3)18(15(5)19-9-4)16(7-2)20-21/h15,19H,6-14H2,1-5H3. The summed E-state index contributed by atoms with van der Waals surface area (Å²) in [5.41, 5.74) is 4.18. The molecule has 1 aromatic rings. The molecular formula is C18H35N3. The lowest BCUT2D eigenvalue weighted by molar-refractivity contribution is 0.513. The fourth-order valence-electron chi connectivity index (χ4n) is 3.16. The van der Waals surface area contributed by atoms with E-state index in [9.17, 15) is 0 Å². The maximum Gasteiger partial charge on any atom is 0.0672 e. The molecular weight excluding hydrogens is 258 g/mol. The van der Waals surface area contributed by atoms with Crippen molar-refractivity contribution in [2.75, 3.05) is 6.54 Å². The first kappa shape index (κ1) is 18.2. The van der Waals surface area contributed by atoms with Gasteiger partial charge in [0.05, 0.1) is 5.69 Å².